The molecule has 2 aromatic carbocycles. The molecular formula is C19H23NO5S. The van der Waals surface area contributed by atoms with E-state index in [1.54, 1.807) is 19.9 Å². The van der Waals surface area contributed by atoms with Crippen LogP contribution in [-0.4, -0.2) is 27.6 Å². The van der Waals surface area contributed by atoms with E-state index in [0.717, 1.165) is 5.56 Å². The zero-order chi connectivity index (χ0) is 19.3. The zero-order valence-electron chi connectivity index (χ0n) is 15.3. The van der Waals surface area contributed by atoms with E-state index in [4.69, 9.17) is 9.47 Å². The maximum Gasteiger partial charge on any atom is 0.338 e. The second kappa shape index (κ2) is 8.23. The molecule has 0 atom stereocenters. The van der Waals surface area contributed by atoms with E-state index in [-0.39, 0.29) is 11.5 Å². The lowest BCUT2D eigenvalue weighted by molar-refractivity contribution is 0.0526. The van der Waals surface area contributed by atoms with Gasteiger partial charge in [0, 0.05) is 11.8 Å². The molecule has 0 unspecified atom stereocenters. The number of sulfonamides is 1. The van der Waals surface area contributed by atoms with Crippen LogP contribution >= 0.6 is 0 Å². The van der Waals surface area contributed by atoms with Crippen molar-refractivity contribution in [3.63, 3.8) is 0 Å². The Hall–Kier alpha value is -2.54. The minimum atomic E-state index is -3.79. The molecule has 7 heteroatoms. The van der Waals surface area contributed by atoms with Crippen molar-refractivity contribution < 1.29 is 22.7 Å². The normalized spacial score (nSPS) is 11.1. The fourth-order valence-corrected chi connectivity index (χ4v) is 3.81. The van der Waals surface area contributed by atoms with Crippen LogP contribution in [0.5, 0.6) is 5.75 Å². The minimum Gasteiger partial charge on any atom is -0.494 e. The molecule has 0 aliphatic carbocycles. The van der Waals surface area contributed by atoms with E-state index < -0.39 is 16.0 Å². The summed E-state index contributed by atoms with van der Waals surface area (Å²) in [5.41, 5.74) is 2.22. The van der Waals surface area contributed by atoms with E-state index in [1.807, 2.05) is 13.8 Å². The van der Waals surface area contributed by atoms with Gasteiger partial charge in [0.2, 0.25) is 0 Å². The zero-order valence-corrected chi connectivity index (χ0v) is 16.1. The minimum absolute atomic E-state index is 0.154. The molecule has 0 fully saturated rings. The summed E-state index contributed by atoms with van der Waals surface area (Å²) in [6, 6.07) is 9.40. The van der Waals surface area contributed by atoms with Crippen molar-refractivity contribution in [2.24, 2.45) is 0 Å². The third-order valence-electron chi connectivity index (χ3n) is 3.71. The van der Waals surface area contributed by atoms with Crippen LogP contribution in [-0.2, 0) is 14.8 Å². The third-order valence-corrected chi connectivity index (χ3v) is 5.23. The fraction of sp³-hybridized carbons (Fsp3) is 0.316. The number of aryl methyl sites for hydroxylation is 2. The van der Waals surface area contributed by atoms with Crippen molar-refractivity contribution in [3.05, 3.63) is 53.1 Å². The van der Waals surface area contributed by atoms with Gasteiger partial charge >= 0.3 is 5.97 Å². The lowest BCUT2D eigenvalue weighted by Crippen LogP contribution is -2.15. The van der Waals surface area contributed by atoms with Crippen LogP contribution < -0.4 is 9.46 Å². The summed E-state index contributed by atoms with van der Waals surface area (Å²) in [6.45, 7) is 7.91. The number of hydrogen-bond donors (Lipinski definition) is 1. The smallest absolute Gasteiger partial charge is 0.338 e. The highest BCUT2D eigenvalue weighted by molar-refractivity contribution is 7.92. The average molecular weight is 377 g/mol. The first-order chi connectivity index (χ1) is 12.3. The van der Waals surface area contributed by atoms with Crippen molar-refractivity contribution in [2.75, 3.05) is 17.9 Å². The number of benzene rings is 2. The number of esters is 1. The second-order valence-corrected chi connectivity index (χ2v) is 7.37. The van der Waals surface area contributed by atoms with Gasteiger partial charge in [-0.25, -0.2) is 13.2 Å². The standard InChI is InChI=1S/C19H23NO5S/c1-5-24-17-12-18(14(4)11-13(17)3)26(22,23)20-16-9-7-15(8-10-16)19(21)25-6-2/h7-12,20H,5-6H2,1-4H3. The lowest BCUT2D eigenvalue weighted by atomic mass is 10.1. The summed E-state index contributed by atoms with van der Waals surface area (Å²) < 4.78 is 38.4. The highest BCUT2D eigenvalue weighted by Gasteiger charge is 2.19. The molecular weight excluding hydrogens is 354 g/mol. The Bertz CT molecular complexity index is 889. The number of rotatable bonds is 7. The summed E-state index contributed by atoms with van der Waals surface area (Å²) in [5, 5.41) is 0. The largest absolute Gasteiger partial charge is 0.494 e. The molecule has 0 spiro atoms. The molecule has 0 saturated heterocycles. The number of carbonyl (C=O) groups is 1. The molecule has 0 saturated carbocycles. The first-order valence-corrected chi connectivity index (χ1v) is 9.80. The van der Waals surface area contributed by atoms with Crippen LogP contribution in [0.2, 0.25) is 0 Å². The SMILES string of the molecule is CCOC(=O)c1ccc(NS(=O)(=O)c2cc(OCC)c(C)cc2C)cc1. The predicted octanol–water partition coefficient (Wildman–Crippen LogP) is 3.68. The third kappa shape index (κ3) is 4.54. The molecule has 0 amide bonds. The second-order valence-electron chi connectivity index (χ2n) is 5.72. The van der Waals surface area contributed by atoms with Crippen LogP contribution in [0, 0.1) is 13.8 Å². The van der Waals surface area contributed by atoms with Gasteiger partial charge in [-0.3, -0.25) is 4.72 Å². The fourth-order valence-electron chi connectivity index (χ4n) is 2.51. The van der Waals surface area contributed by atoms with E-state index >= 15 is 0 Å². The molecule has 140 valence electrons. The van der Waals surface area contributed by atoms with Crippen molar-refractivity contribution in [1.82, 2.24) is 0 Å². The summed E-state index contributed by atoms with van der Waals surface area (Å²) in [5.74, 6) is 0.0915. The number of ether oxygens (including phenoxy) is 2. The van der Waals surface area contributed by atoms with E-state index in [0.29, 0.717) is 29.2 Å². The van der Waals surface area contributed by atoms with Crippen LogP contribution in [0.1, 0.15) is 35.3 Å². The van der Waals surface area contributed by atoms with E-state index in [2.05, 4.69) is 4.72 Å². The molecule has 2 aromatic rings. The van der Waals surface area contributed by atoms with Gasteiger partial charge < -0.3 is 9.47 Å². The van der Waals surface area contributed by atoms with E-state index in [1.165, 1.54) is 30.3 Å². The maximum atomic E-state index is 12.8. The quantitative estimate of drug-likeness (QED) is 0.745. The summed E-state index contributed by atoms with van der Waals surface area (Å²) in [4.78, 5) is 11.8. The average Bonchev–Trinajstić information content (AvgIpc) is 2.57. The molecule has 1 N–H and O–H groups in total. The Kier molecular flexibility index (Phi) is 6.26. The van der Waals surface area contributed by atoms with Gasteiger partial charge in [-0.2, -0.15) is 0 Å². The summed E-state index contributed by atoms with van der Waals surface area (Å²) >= 11 is 0. The molecule has 0 aliphatic heterocycles. The number of anilines is 1. The van der Waals surface area contributed by atoms with Gasteiger partial charge in [-0.05, 0) is 63.1 Å². The lowest BCUT2D eigenvalue weighted by Gasteiger charge is -2.14. The Morgan fingerprint density at radius 2 is 1.65 bits per heavy atom. The van der Waals surface area contributed by atoms with Gasteiger partial charge in [-0.15, -0.1) is 0 Å². The topological polar surface area (TPSA) is 81.7 Å². The molecule has 0 radical (unpaired) electrons. The van der Waals surface area contributed by atoms with Gasteiger partial charge in [-0.1, -0.05) is 6.07 Å². The highest BCUT2D eigenvalue weighted by atomic mass is 32.2. The maximum absolute atomic E-state index is 12.8. The van der Waals surface area contributed by atoms with Crippen LogP contribution in [0.4, 0.5) is 5.69 Å². The molecule has 0 aromatic heterocycles. The molecule has 0 bridgehead atoms. The van der Waals surface area contributed by atoms with Gasteiger partial charge in [0.25, 0.3) is 10.0 Å². The number of nitrogens with one attached hydrogen (secondary N) is 1. The van der Waals surface area contributed by atoms with Gasteiger partial charge in [0.1, 0.15) is 5.75 Å². The Morgan fingerprint density at radius 3 is 2.23 bits per heavy atom. The number of carbonyl (C=O) groups excluding carboxylic acids is 1. The molecule has 26 heavy (non-hydrogen) atoms. The van der Waals surface area contributed by atoms with Crippen LogP contribution in [0.25, 0.3) is 0 Å². The van der Waals surface area contributed by atoms with Crippen LogP contribution in [0.3, 0.4) is 0 Å². The Labute approximate surface area is 154 Å². The molecule has 0 heterocycles. The molecule has 0 aliphatic rings. The van der Waals surface area contributed by atoms with Crippen molar-refractivity contribution in [2.45, 2.75) is 32.6 Å². The Balaban J connectivity index is 2.28. The monoisotopic (exact) mass is 377 g/mol. The van der Waals surface area contributed by atoms with E-state index in [9.17, 15) is 13.2 Å². The first-order valence-electron chi connectivity index (χ1n) is 8.32. The number of hydrogen-bond acceptors (Lipinski definition) is 5. The summed E-state index contributed by atoms with van der Waals surface area (Å²) in [7, 11) is -3.79. The van der Waals surface area contributed by atoms with Crippen LogP contribution in [0.15, 0.2) is 41.3 Å². The molecule has 2 rings (SSSR count). The summed E-state index contributed by atoms with van der Waals surface area (Å²) in [6.07, 6.45) is 0. The van der Waals surface area contributed by atoms with Gasteiger partial charge in [0.05, 0.1) is 23.7 Å². The van der Waals surface area contributed by atoms with Crippen molar-refractivity contribution in [3.8, 4) is 5.75 Å². The van der Waals surface area contributed by atoms with Crippen molar-refractivity contribution >= 4 is 21.7 Å². The van der Waals surface area contributed by atoms with Crippen molar-refractivity contribution in [1.29, 1.82) is 0 Å². The van der Waals surface area contributed by atoms with Gasteiger partial charge in [0.15, 0.2) is 0 Å². The highest BCUT2D eigenvalue weighted by Crippen LogP contribution is 2.27. The first kappa shape index (κ1) is 19.8. The predicted molar refractivity (Wildman–Crippen MR) is 100 cm³/mol. The molecule has 6 nitrogen and oxygen atoms in total. The Morgan fingerprint density at radius 1 is 1.00 bits per heavy atom.